The van der Waals surface area contributed by atoms with Gasteiger partial charge in [-0.2, -0.15) is 4.98 Å². The maximum absolute atomic E-state index is 12.0. The zero-order valence-electron chi connectivity index (χ0n) is 14.7. The molecule has 0 atom stereocenters. The maximum Gasteiger partial charge on any atom is 0.253 e. The lowest BCUT2D eigenvalue weighted by Gasteiger charge is -2.30. The Morgan fingerprint density at radius 3 is 2.62 bits per heavy atom. The molecule has 4 rings (SSSR count). The molecule has 1 saturated heterocycles. The summed E-state index contributed by atoms with van der Waals surface area (Å²) in [5, 5.41) is 10.7. The van der Waals surface area contributed by atoms with Crippen molar-refractivity contribution in [2.75, 3.05) is 23.7 Å². The van der Waals surface area contributed by atoms with Crippen molar-refractivity contribution < 1.29 is 9.90 Å². The summed E-state index contributed by atoms with van der Waals surface area (Å²) in [6, 6.07) is 3.43. The first-order valence-electron chi connectivity index (χ1n) is 8.41. The SMILES string of the molecule is Cc1ccc(O)c(C)c1-n1c(N)c(C(N)=O)c2cnc(N3CCC3)nc21. The predicted molar refractivity (Wildman–Crippen MR) is 99.8 cm³/mol. The summed E-state index contributed by atoms with van der Waals surface area (Å²) in [6.45, 7) is 5.50. The van der Waals surface area contributed by atoms with Crippen LogP contribution in [0.15, 0.2) is 18.3 Å². The molecule has 0 bridgehead atoms. The first kappa shape index (κ1) is 16.2. The molecule has 8 nitrogen and oxygen atoms in total. The number of hydrogen-bond acceptors (Lipinski definition) is 6. The summed E-state index contributed by atoms with van der Waals surface area (Å²) in [5.41, 5.74) is 14.8. The molecule has 0 aliphatic carbocycles. The molecule has 1 aromatic carbocycles. The van der Waals surface area contributed by atoms with Gasteiger partial charge in [-0.25, -0.2) is 4.98 Å². The second-order valence-electron chi connectivity index (χ2n) is 6.58. The minimum Gasteiger partial charge on any atom is -0.508 e. The van der Waals surface area contributed by atoms with Crippen molar-refractivity contribution in [2.45, 2.75) is 20.3 Å². The summed E-state index contributed by atoms with van der Waals surface area (Å²) in [6.07, 6.45) is 2.69. The average molecular weight is 352 g/mol. The highest BCUT2D eigenvalue weighted by atomic mass is 16.3. The Bertz CT molecular complexity index is 1050. The highest BCUT2D eigenvalue weighted by Gasteiger charge is 2.26. The Morgan fingerprint density at radius 1 is 1.27 bits per heavy atom. The summed E-state index contributed by atoms with van der Waals surface area (Å²) in [5.74, 6) is 0.292. The van der Waals surface area contributed by atoms with Gasteiger partial charge in [0.2, 0.25) is 5.95 Å². The molecule has 26 heavy (non-hydrogen) atoms. The van der Waals surface area contributed by atoms with Gasteiger partial charge in [0.1, 0.15) is 11.6 Å². The number of aryl methyl sites for hydroxylation is 1. The number of hydrogen-bond donors (Lipinski definition) is 3. The molecule has 3 heterocycles. The molecule has 8 heteroatoms. The van der Waals surface area contributed by atoms with Crippen molar-refractivity contribution >= 4 is 28.7 Å². The average Bonchev–Trinajstić information content (AvgIpc) is 2.82. The van der Waals surface area contributed by atoms with E-state index in [2.05, 4.69) is 14.9 Å². The number of aromatic nitrogens is 3. The molecule has 0 saturated carbocycles. The number of rotatable bonds is 3. The minimum absolute atomic E-state index is 0.143. The van der Waals surface area contributed by atoms with Crippen LogP contribution in [0, 0.1) is 13.8 Å². The van der Waals surface area contributed by atoms with Gasteiger partial charge in [-0.3, -0.25) is 9.36 Å². The van der Waals surface area contributed by atoms with Crippen molar-refractivity contribution in [3.63, 3.8) is 0 Å². The third-order valence-corrected chi connectivity index (χ3v) is 4.95. The Hall–Kier alpha value is -3.29. The fraction of sp³-hybridized carbons (Fsp3) is 0.278. The summed E-state index contributed by atoms with van der Waals surface area (Å²) >= 11 is 0. The van der Waals surface area contributed by atoms with E-state index >= 15 is 0 Å². The van der Waals surface area contributed by atoms with E-state index in [9.17, 15) is 9.90 Å². The largest absolute Gasteiger partial charge is 0.508 e. The number of nitrogen functional groups attached to an aromatic ring is 1. The van der Waals surface area contributed by atoms with E-state index in [4.69, 9.17) is 11.5 Å². The number of primary amides is 1. The van der Waals surface area contributed by atoms with Crippen molar-refractivity contribution in [2.24, 2.45) is 5.73 Å². The minimum atomic E-state index is -0.637. The zero-order valence-corrected chi connectivity index (χ0v) is 14.7. The van der Waals surface area contributed by atoms with Gasteiger partial charge in [-0.05, 0) is 31.9 Å². The molecule has 1 aliphatic heterocycles. The summed E-state index contributed by atoms with van der Waals surface area (Å²) < 4.78 is 1.69. The van der Waals surface area contributed by atoms with E-state index in [1.54, 1.807) is 29.8 Å². The zero-order chi connectivity index (χ0) is 18.6. The number of amides is 1. The van der Waals surface area contributed by atoms with Crippen molar-refractivity contribution in [3.8, 4) is 11.4 Å². The quantitative estimate of drug-likeness (QED) is 0.658. The van der Waals surface area contributed by atoms with Gasteiger partial charge >= 0.3 is 0 Å². The summed E-state index contributed by atoms with van der Waals surface area (Å²) in [4.78, 5) is 23.1. The van der Waals surface area contributed by atoms with E-state index in [-0.39, 0.29) is 17.1 Å². The lowest BCUT2D eigenvalue weighted by molar-refractivity contribution is 0.100. The number of fused-ring (bicyclic) bond motifs is 1. The van der Waals surface area contributed by atoms with Gasteiger partial charge in [-0.15, -0.1) is 0 Å². The van der Waals surface area contributed by atoms with Gasteiger partial charge in [0.05, 0.1) is 16.6 Å². The van der Waals surface area contributed by atoms with E-state index in [1.165, 1.54) is 0 Å². The smallest absolute Gasteiger partial charge is 0.253 e. The van der Waals surface area contributed by atoms with Gasteiger partial charge in [-0.1, -0.05) is 6.07 Å². The third kappa shape index (κ3) is 2.18. The lowest BCUT2D eigenvalue weighted by Crippen LogP contribution is -2.38. The standard InChI is InChI=1S/C18H20N6O2/c1-9-4-5-12(25)10(2)14(9)24-15(19)13(16(20)26)11-8-21-18(22-17(11)24)23-6-3-7-23/h4-5,8,25H,3,6-7,19H2,1-2H3,(H2,20,26). The molecule has 5 N–H and O–H groups in total. The number of nitrogens with zero attached hydrogens (tertiary/aromatic N) is 4. The molecule has 3 aromatic rings. The Kier molecular flexibility index (Phi) is 3.50. The van der Waals surface area contributed by atoms with Crippen LogP contribution in [0.1, 0.15) is 27.9 Å². The molecule has 0 spiro atoms. The van der Waals surface area contributed by atoms with Gasteiger partial charge in [0.15, 0.2) is 5.65 Å². The van der Waals surface area contributed by atoms with Crippen LogP contribution in [0.2, 0.25) is 0 Å². The molecule has 1 aliphatic rings. The Labute approximate surface area is 150 Å². The second kappa shape index (κ2) is 5.62. The number of nitrogens with two attached hydrogens (primary N) is 2. The van der Waals surface area contributed by atoms with E-state index in [0.29, 0.717) is 28.2 Å². The van der Waals surface area contributed by atoms with Crippen LogP contribution in [0.4, 0.5) is 11.8 Å². The number of carbonyl (C=O) groups is 1. The molecule has 0 unspecified atom stereocenters. The molecule has 2 aromatic heterocycles. The summed E-state index contributed by atoms with van der Waals surface area (Å²) in [7, 11) is 0. The number of carbonyl (C=O) groups excluding carboxylic acids is 1. The van der Waals surface area contributed by atoms with Crippen molar-refractivity contribution in [1.29, 1.82) is 0 Å². The molecule has 1 amide bonds. The molecular weight excluding hydrogens is 332 g/mol. The predicted octanol–water partition coefficient (Wildman–Crippen LogP) is 1.63. The second-order valence-corrected chi connectivity index (χ2v) is 6.58. The van der Waals surface area contributed by atoms with Crippen LogP contribution < -0.4 is 16.4 Å². The Morgan fingerprint density at radius 2 is 2.00 bits per heavy atom. The number of anilines is 2. The monoisotopic (exact) mass is 352 g/mol. The van der Waals surface area contributed by atoms with E-state index in [1.807, 2.05) is 6.92 Å². The fourth-order valence-electron chi connectivity index (χ4n) is 3.40. The maximum atomic E-state index is 12.0. The topological polar surface area (TPSA) is 123 Å². The van der Waals surface area contributed by atoms with Crippen LogP contribution in [0.25, 0.3) is 16.7 Å². The number of phenolic OH excluding ortho intramolecular Hbond substituents is 1. The number of benzene rings is 1. The van der Waals surface area contributed by atoms with Gasteiger partial charge in [0, 0.05) is 24.8 Å². The van der Waals surface area contributed by atoms with Crippen LogP contribution in [-0.2, 0) is 0 Å². The van der Waals surface area contributed by atoms with Crippen LogP contribution in [0.3, 0.4) is 0 Å². The fourth-order valence-corrected chi connectivity index (χ4v) is 3.40. The first-order valence-corrected chi connectivity index (χ1v) is 8.41. The molecule has 1 fully saturated rings. The molecular formula is C18H20N6O2. The van der Waals surface area contributed by atoms with Gasteiger partial charge < -0.3 is 21.5 Å². The van der Waals surface area contributed by atoms with E-state index < -0.39 is 5.91 Å². The first-order chi connectivity index (χ1) is 12.4. The normalized spacial score (nSPS) is 13.8. The molecule has 134 valence electrons. The van der Waals surface area contributed by atoms with Gasteiger partial charge in [0.25, 0.3) is 5.91 Å². The van der Waals surface area contributed by atoms with E-state index in [0.717, 1.165) is 25.1 Å². The highest BCUT2D eigenvalue weighted by molar-refractivity contribution is 6.11. The number of aromatic hydroxyl groups is 1. The highest BCUT2D eigenvalue weighted by Crippen LogP contribution is 2.36. The van der Waals surface area contributed by atoms with Crippen LogP contribution >= 0.6 is 0 Å². The van der Waals surface area contributed by atoms with Crippen LogP contribution in [-0.4, -0.2) is 38.6 Å². The lowest BCUT2D eigenvalue weighted by atomic mass is 10.1. The van der Waals surface area contributed by atoms with Crippen LogP contribution in [0.5, 0.6) is 5.75 Å². The van der Waals surface area contributed by atoms with Crippen molar-refractivity contribution in [3.05, 3.63) is 35.0 Å². The molecule has 0 radical (unpaired) electrons. The Balaban J connectivity index is 2.09. The number of phenols is 1. The van der Waals surface area contributed by atoms with Crippen molar-refractivity contribution in [1.82, 2.24) is 14.5 Å². The third-order valence-electron chi connectivity index (χ3n) is 4.95.